The molecule has 1 amide bonds. The van der Waals surface area contributed by atoms with Crippen molar-refractivity contribution in [3.8, 4) is 0 Å². The van der Waals surface area contributed by atoms with Gasteiger partial charge in [-0.15, -0.1) is 11.3 Å². The first-order valence-electron chi connectivity index (χ1n) is 11.7. The summed E-state index contributed by atoms with van der Waals surface area (Å²) in [6, 6.07) is 14.7. The Morgan fingerprint density at radius 1 is 0.970 bits per heavy atom. The van der Waals surface area contributed by atoms with Crippen LogP contribution in [0.1, 0.15) is 60.3 Å². The molecule has 6 nitrogen and oxygen atoms in total. The fraction of sp³-hybridized carbons (Fsp3) is 0.440. The topological polar surface area (TPSA) is 70.6 Å². The molecule has 2 aliphatic rings. The average Bonchev–Trinajstić information content (AvgIpc) is 3.28. The molecule has 3 heterocycles. The number of thiazole rings is 1. The molecule has 2 aliphatic heterocycles. The summed E-state index contributed by atoms with van der Waals surface area (Å²) >= 11 is 1.75. The van der Waals surface area contributed by atoms with Gasteiger partial charge in [0.05, 0.1) is 20.1 Å². The Hall–Kier alpha value is -2.29. The summed E-state index contributed by atoms with van der Waals surface area (Å²) in [6.07, 6.45) is 4.64. The lowest BCUT2D eigenvalue weighted by molar-refractivity contribution is 0.0713. The van der Waals surface area contributed by atoms with Crippen LogP contribution >= 0.6 is 11.3 Å². The summed E-state index contributed by atoms with van der Waals surface area (Å²) in [5.41, 5.74) is 1.59. The van der Waals surface area contributed by atoms with E-state index < -0.39 is 10.0 Å². The highest BCUT2D eigenvalue weighted by molar-refractivity contribution is 7.89. The number of aromatic nitrogens is 1. The number of rotatable bonds is 4. The number of carbonyl (C=O) groups excluding carboxylic acids is 1. The van der Waals surface area contributed by atoms with Gasteiger partial charge in [0, 0.05) is 37.2 Å². The van der Waals surface area contributed by atoms with Gasteiger partial charge >= 0.3 is 0 Å². The molecule has 0 N–H and O–H groups in total. The lowest BCUT2D eigenvalue weighted by Crippen LogP contribution is -2.42. The first-order chi connectivity index (χ1) is 15.9. The van der Waals surface area contributed by atoms with E-state index in [0.717, 1.165) is 42.6 Å². The quantitative estimate of drug-likeness (QED) is 0.530. The minimum Gasteiger partial charge on any atom is -0.339 e. The van der Waals surface area contributed by atoms with Crippen LogP contribution in [-0.4, -0.2) is 54.2 Å². The summed E-state index contributed by atoms with van der Waals surface area (Å²) in [5, 5.41) is 1.16. The number of carbonyl (C=O) groups is 1. The van der Waals surface area contributed by atoms with E-state index in [2.05, 4.69) is 6.07 Å². The van der Waals surface area contributed by atoms with Gasteiger partial charge in [0.1, 0.15) is 0 Å². The summed E-state index contributed by atoms with van der Waals surface area (Å²) in [4.78, 5) is 20.0. The van der Waals surface area contributed by atoms with Crippen molar-refractivity contribution in [2.75, 3.05) is 19.6 Å². The zero-order chi connectivity index (χ0) is 23.0. The van der Waals surface area contributed by atoms with E-state index in [1.165, 1.54) is 4.70 Å². The highest BCUT2D eigenvalue weighted by atomic mass is 32.2. The van der Waals surface area contributed by atoms with Crippen molar-refractivity contribution in [3.63, 3.8) is 0 Å². The second-order valence-corrected chi connectivity index (χ2v) is 12.0. The Bertz CT molecular complexity index is 1210. The molecular weight excluding hydrogens is 454 g/mol. The van der Waals surface area contributed by atoms with Crippen molar-refractivity contribution in [3.05, 3.63) is 59.1 Å². The molecule has 33 heavy (non-hydrogen) atoms. The number of hydrogen-bond donors (Lipinski definition) is 0. The number of hydrogen-bond acceptors (Lipinski definition) is 5. The number of sulfonamides is 1. The second-order valence-electron chi connectivity index (χ2n) is 9.07. The summed E-state index contributed by atoms with van der Waals surface area (Å²) in [5.74, 6) is 0.346. The zero-order valence-corrected chi connectivity index (χ0v) is 20.4. The number of amides is 1. The van der Waals surface area contributed by atoms with Gasteiger partial charge in [0.25, 0.3) is 5.91 Å². The van der Waals surface area contributed by atoms with Gasteiger partial charge in [-0.1, -0.05) is 18.6 Å². The van der Waals surface area contributed by atoms with Gasteiger partial charge in [-0.3, -0.25) is 4.79 Å². The minimum atomic E-state index is -3.53. The molecule has 1 unspecified atom stereocenters. The lowest BCUT2D eigenvalue weighted by Gasteiger charge is -2.32. The molecule has 5 rings (SSSR count). The van der Waals surface area contributed by atoms with Crippen molar-refractivity contribution in [2.45, 2.75) is 55.9 Å². The first-order valence-corrected chi connectivity index (χ1v) is 14.0. The fourth-order valence-electron chi connectivity index (χ4n) is 4.91. The maximum absolute atomic E-state index is 13.1. The van der Waals surface area contributed by atoms with Gasteiger partial charge in [0.2, 0.25) is 10.0 Å². The molecule has 0 aliphatic carbocycles. The molecule has 0 radical (unpaired) electrons. The minimum absolute atomic E-state index is 0.0155. The summed E-state index contributed by atoms with van der Waals surface area (Å²) in [6.45, 7) is 3.90. The van der Waals surface area contributed by atoms with E-state index in [0.29, 0.717) is 31.1 Å². The molecule has 8 heteroatoms. The third-order valence-corrected chi connectivity index (χ3v) is 10.1. The molecule has 2 saturated heterocycles. The predicted octanol–water partition coefficient (Wildman–Crippen LogP) is 4.88. The number of benzene rings is 2. The van der Waals surface area contributed by atoms with Crippen LogP contribution in [-0.2, 0) is 10.0 Å². The molecule has 1 atom stereocenters. The Morgan fingerprint density at radius 2 is 1.70 bits per heavy atom. The largest absolute Gasteiger partial charge is 0.339 e. The zero-order valence-electron chi connectivity index (χ0n) is 18.8. The SMILES string of the molecule is CC1CCCCN1S(=O)(=O)c1ccc(C(=O)N2CCC(c3nc4ccccc4s3)CC2)cc1. The van der Waals surface area contributed by atoms with Gasteiger partial charge in [-0.05, 0) is 69.0 Å². The standard InChI is InChI=1S/C25H29N3O3S2/c1-18-6-4-5-15-28(18)33(30,31)21-11-9-20(10-12-21)25(29)27-16-13-19(14-17-27)24-26-22-7-2-3-8-23(22)32-24/h2-3,7-12,18-19H,4-6,13-17H2,1H3. The molecule has 3 aromatic rings. The Morgan fingerprint density at radius 3 is 2.39 bits per heavy atom. The van der Waals surface area contributed by atoms with Crippen molar-refractivity contribution >= 4 is 37.5 Å². The van der Waals surface area contributed by atoms with Crippen molar-refractivity contribution in [1.82, 2.24) is 14.2 Å². The second kappa shape index (κ2) is 9.16. The highest BCUT2D eigenvalue weighted by Gasteiger charge is 2.31. The molecule has 2 aromatic carbocycles. The van der Waals surface area contributed by atoms with E-state index in [4.69, 9.17) is 4.98 Å². The number of para-hydroxylation sites is 1. The van der Waals surface area contributed by atoms with Crippen LogP contribution in [0.25, 0.3) is 10.2 Å². The third-order valence-electron chi connectivity index (χ3n) is 6.89. The van der Waals surface area contributed by atoms with Gasteiger partial charge < -0.3 is 4.90 Å². The van der Waals surface area contributed by atoms with Gasteiger partial charge in [-0.2, -0.15) is 4.31 Å². The van der Waals surface area contributed by atoms with Crippen LogP contribution < -0.4 is 0 Å². The Labute approximate surface area is 199 Å². The van der Waals surface area contributed by atoms with Crippen molar-refractivity contribution in [1.29, 1.82) is 0 Å². The maximum atomic E-state index is 13.1. The first kappa shape index (κ1) is 22.5. The van der Waals surface area contributed by atoms with E-state index in [1.807, 2.05) is 30.0 Å². The summed E-state index contributed by atoms with van der Waals surface area (Å²) < 4.78 is 28.9. The molecular formula is C25H29N3O3S2. The Balaban J connectivity index is 1.24. The molecule has 0 spiro atoms. The lowest BCUT2D eigenvalue weighted by atomic mass is 9.97. The van der Waals surface area contributed by atoms with Gasteiger partial charge in [-0.25, -0.2) is 13.4 Å². The van der Waals surface area contributed by atoms with Crippen LogP contribution in [0, 0.1) is 0 Å². The molecule has 1 aromatic heterocycles. The summed E-state index contributed by atoms with van der Waals surface area (Å²) in [7, 11) is -3.53. The van der Waals surface area contributed by atoms with Crippen LogP contribution in [0.15, 0.2) is 53.4 Å². The van der Waals surface area contributed by atoms with Crippen molar-refractivity contribution < 1.29 is 13.2 Å². The molecule has 2 fully saturated rings. The van der Waals surface area contributed by atoms with Crippen LogP contribution in [0.3, 0.4) is 0 Å². The number of fused-ring (bicyclic) bond motifs is 1. The maximum Gasteiger partial charge on any atom is 0.253 e. The monoisotopic (exact) mass is 483 g/mol. The fourth-order valence-corrected chi connectivity index (χ4v) is 7.75. The molecule has 174 valence electrons. The molecule has 0 bridgehead atoms. The predicted molar refractivity (Wildman–Crippen MR) is 131 cm³/mol. The van der Waals surface area contributed by atoms with E-state index in [9.17, 15) is 13.2 Å². The van der Waals surface area contributed by atoms with E-state index >= 15 is 0 Å². The van der Waals surface area contributed by atoms with Crippen molar-refractivity contribution in [2.24, 2.45) is 0 Å². The average molecular weight is 484 g/mol. The van der Waals surface area contributed by atoms with Crippen LogP contribution in [0.5, 0.6) is 0 Å². The van der Waals surface area contributed by atoms with Crippen LogP contribution in [0.2, 0.25) is 0 Å². The van der Waals surface area contributed by atoms with Crippen LogP contribution in [0.4, 0.5) is 0 Å². The smallest absolute Gasteiger partial charge is 0.253 e. The number of nitrogens with zero attached hydrogens (tertiary/aromatic N) is 3. The van der Waals surface area contributed by atoms with Gasteiger partial charge in [0.15, 0.2) is 0 Å². The normalized spacial score (nSPS) is 20.9. The highest BCUT2D eigenvalue weighted by Crippen LogP contribution is 2.34. The number of likely N-dealkylation sites (tertiary alicyclic amines) is 1. The Kier molecular flexibility index (Phi) is 6.24. The number of piperidine rings is 2. The molecule has 0 saturated carbocycles. The third kappa shape index (κ3) is 4.44. The van der Waals surface area contributed by atoms with E-state index in [-0.39, 0.29) is 16.8 Å². The van der Waals surface area contributed by atoms with E-state index in [1.54, 1.807) is 39.9 Å².